The van der Waals surface area contributed by atoms with Crippen molar-refractivity contribution in [1.29, 1.82) is 0 Å². The molecular formula is C10H23N. The predicted octanol–water partition coefficient (Wildman–Crippen LogP) is 2.81. The Kier molecular flexibility index (Phi) is 6.63. The smallest absolute Gasteiger partial charge is 0.00389 e. The van der Waals surface area contributed by atoms with Crippen LogP contribution in [0, 0.1) is 5.92 Å². The van der Waals surface area contributed by atoms with Gasteiger partial charge >= 0.3 is 0 Å². The second-order valence-electron chi connectivity index (χ2n) is 3.70. The Hall–Kier alpha value is -0.0400. The minimum atomic E-state index is 0.770. The first-order chi connectivity index (χ1) is 5.20. The molecule has 0 aromatic heterocycles. The van der Waals surface area contributed by atoms with E-state index in [0.29, 0.717) is 0 Å². The van der Waals surface area contributed by atoms with E-state index in [0.717, 1.165) is 12.0 Å². The molecule has 1 aliphatic heterocycles. The lowest BCUT2D eigenvalue weighted by Crippen LogP contribution is -2.35. The van der Waals surface area contributed by atoms with Crippen LogP contribution in [-0.2, 0) is 0 Å². The van der Waals surface area contributed by atoms with Gasteiger partial charge in [-0.15, -0.1) is 0 Å². The monoisotopic (exact) mass is 157 g/mol. The molecular weight excluding hydrogens is 134 g/mol. The minimum Gasteiger partial charge on any atom is -0.314 e. The van der Waals surface area contributed by atoms with Crippen molar-refractivity contribution in [2.24, 2.45) is 5.92 Å². The van der Waals surface area contributed by atoms with Crippen molar-refractivity contribution in [1.82, 2.24) is 5.32 Å². The Morgan fingerprint density at radius 1 is 1.18 bits per heavy atom. The summed E-state index contributed by atoms with van der Waals surface area (Å²) in [4.78, 5) is 0. The van der Waals surface area contributed by atoms with E-state index in [9.17, 15) is 0 Å². The summed E-state index contributed by atoms with van der Waals surface area (Å²) in [5.41, 5.74) is 0. The highest BCUT2D eigenvalue weighted by molar-refractivity contribution is 4.71. The molecule has 1 heteroatoms. The van der Waals surface area contributed by atoms with Crippen LogP contribution < -0.4 is 5.32 Å². The van der Waals surface area contributed by atoms with Gasteiger partial charge in [-0.05, 0) is 32.2 Å². The topological polar surface area (TPSA) is 12.0 Å². The molecule has 1 fully saturated rings. The third-order valence-electron chi connectivity index (χ3n) is 1.91. The predicted molar refractivity (Wildman–Crippen MR) is 51.8 cm³/mol. The van der Waals surface area contributed by atoms with E-state index in [2.05, 4.69) is 33.0 Å². The van der Waals surface area contributed by atoms with Crippen LogP contribution in [-0.4, -0.2) is 12.6 Å². The lowest BCUT2D eigenvalue weighted by Gasteiger charge is -2.24. The first kappa shape index (κ1) is 11.0. The quantitative estimate of drug-likeness (QED) is 0.570. The molecule has 11 heavy (non-hydrogen) atoms. The van der Waals surface area contributed by atoms with Crippen molar-refractivity contribution in [3.8, 4) is 0 Å². The molecule has 1 heterocycles. The fourth-order valence-corrected chi connectivity index (χ4v) is 1.14. The van der Waals surface area contributed by atoms with Crippen LogP contribution in [0.1, 0.15) is 47.0 Å². The molecule has 1 rings (SSSR count). The van der Waals surface area contributed by atoms with Crippen molar-refractivity contribution >= 4 is 0 Å². The molecule has 0 saturated carbocycles. The number of hydrogen-bond acceptors (Lipinski definition) is 1. The van der Waals surface area contributed by atoms with Crippen molar-refractivity contribution < 1.29 is 0 Å². The maximum atomic E-state index is 3.43. The summed E-state index contributed by atoms with van der Waals surface area (Å²) in [6.45, 7) is 10.0. The van der Waals surface area contributed by atoms with Crippen molar-refractivity contribution in [3.63, 3.8) is 0 Å². The molecule has 1 nitrogen and oxygen atoms in total. The first-order valence-electron chi connectivity index (χ1n) is 4.94. The molecule has 0 aromatic rings. The van der Waals surface area contributed by atoms with Crippen LogP contribution in [0.2, 0.25) is 0 Å². The third kappa shape index (κ3) is 6.36. The Bertz CT molecular complexity index is 62.9. The maximum absolute atomic E-state index is 3.43. The second-order valence-corrected chi connectivity index (χ2v) is 3.70. The van der Waals surface area contributed by atoms with E-state index in [4.69, 9.17) is 0 Å². The minimum absolute atomic E-state index is 0.770. The second kappa shape index (κ2) is 6.66. The van der Waals surface area contributed by atoms with Crippen molar-refractivity contribution in [2.75, 3.05) is 6.54 Å². The zero-order chi connectivity index (χ0) is 8.69. The summed E-state index contributed by atoms with van der Waals surface area (Å²) in [5.74, 6) is 0.909. The highest BCUT2D eigenvalue weighted by Crippen LogP contribution is 2.11. The van der Waals surface area contributed by atoms with Gasteiger partial charge in [0.05, 0.1) is 0 Å². The van der Waals surface area contributed by atoms with Gasteiger partial charge in [-0.2, -0.15) is 0 Å². The Labute approximate surface area is 71.6 Å². The average Bonchev–Trinajstić information content (AvgIpc) is 1.97. The average molecular weight is 157 g/mol. The number of rotatable bonds is 0. The third-order valence-corrected chi connectivity index (χ3v) is 1.91. The normalized spacial score (nSPS) is 30.5. The zero-order valence-electron chi connectivity index (χ0n) is 8.48. The van der Waals surface area contributed by atoms with Crippen molar-refractivity contribution in [2.45, 2.75) is 53.0 Å². The van der Waals surface area contributed by atoms with E-state index < -0.39 is 0 Å². The molecule has 0 aliphatic carbocycles. The van der Waals surface area contributed by atoms with Crippen molar-refractivity contribution in [3.05, 3.63) is 0 Å². The van der Waals surface area contributed by atoms with Crippen LogP contribution in [0.4, 0.5) is 0 Å². The van der Waals surface area contributed by atoms with Gasteiger partial charge in [-0.1, -0.05) is 27.2 Å². The Morgan fingerprint density at radius 3 is 2.00 bits per heavy atom. The molecule has 0 unspecified atom stereocenters. The van der Waals surface area contributed by atoms with Gasteiger partial charge in [0.15, 0.2) is 0 Å². The summed E-state index contributed by atoms with van der Waals surface area (Å²) in [5, 5.41) is 3.43. The molecule has 0 radical (unpaired) electrons. The van der Waals surface area contributed by atoms with Crippen LogP contribution in [0.25, 0.3) is 0 Å². The Balaban J connectivity index is 0.000000292. The Morgan fingerprint density at radius 2 is 1.73 bits per heavy atom. The zero-order valence-corrected chi connectivity index (χ0v) is 8.48. The molecule has 0 bridgehead atoms. The fraction of sp³-hybridized carbons (Fsp3) is 1.00. The summed E-state index contributed by atoms with van der Waals surface area (Å²) in [7, 11) is 0. The summed E-state index contributed by atoms with van der Waals surface area (Å²) >= 11 is 0. The van der Waals surface area contributed by atoms with Gasteiger partial charge in [-0.3, -0.25) is 0 Å². The molecule has 1 N–H and O–H groups in total. The highest BCUT2D eigenvalue weighted by Gasteiger charge is 2.11. The molecule has 0 spiro atoms. The summed E-state index contributed by atoms with van der Waals surface area (Å²) in [6.07, 6.45) is 4.02. The van der Waals surface area contributed by atoms with Gasteiger partial charge in [0.1, 0.15) is 0 Å². The largest absolute Gasteiger partial charge is 0.314 e. The molecule has 2 atom stereocenters. The van der Waals surface area contributed by atoms with E-state index in [-0.39, 0.29) is 0 Å². The lowest BCUT2D eigenvalue weighted by molar-refractivity contribution is 0.343. The van der Waals surface area contributed by atoms with Crippen LogP contribution in [0.15, 0.2) is 0 Å². The van der Waals surface area contributed by atoms with E-state index >= 15 is 0 Å². The van der Waals surface area contributed by atoms with Gasteiger partial charge in [0.2, 0.25) is 0 Å². The van der Waals surface area contributed by atoms with Gasteiger partial charge < -0.3 is 5.32 Å². The molecule has 1 saturated heterocycles. The standard InChI is InChI=1S/C7H15N.C3H8/c1-6-3-4-7(2)8-5-6;1-3-2/h6-8H,3-5H2,1-2H3;3H2,1-2H3/t6-,7+;/m1./s1. The molecule has 0 amide bonds. The lowest BCUT2D eigenvalue weighted by atomic mass is 9.98. The molecule has 0 aromatic carbocycles. The van der Waals surface area contributed by atoms with Gasteiger partial charge in [-0.25, -0.2) is 0 Å². The van der Waals surface area contributed by atoms with E-state index in [1.54, 1.807) is 0 Å². The van der Waals surface area contributed by atoms with E-state index in [1.165, 1.54) is 25.8 Å². The number of nitrogens with one attached hydrogen (secondary N) is 1. The number of hydrogen-bond donors (Lipinski definition) is 1. The van der Waals surface area contributed by atoms with Crippen LogP contribution in [0.3, 0.4) is 0 Å². The van der Waals surface area contributed by atoms with Crippen LogP contribution >= 0.6 is 0 Å². The van der Waals surface area contributed by atoms with E-state index in [1.807, 2.05) is 0 Å². The number of piperidine rings is 1. The first-order valence-corrected chi connectivity index (χ1v) is 4.94. The van der Waals surface area contributed by atoms with Crippen LogP contribution in [0.5, 0.6) is 0 Å². The molecule has 1 aliphatic rings. The van der Waals surface area contributed by atoms with Gasteiger partial charge in [0.25, 0.3) is 0 Å². The SMILES string of the molecule is CCC.C[C@@H]1CC[C@H](C)NC1. The van der Waals surface area contributed by atoms with Gasteiger partial charge in [0, 0.05) is 6.04 Å². The fourth-order valence-electron chi connectivity index (χ4n) is 1.14. The summed E-state index contributed by atoms with van der Waals surface area (Å²) < 4.78 is 0. The summed E-state index contributed by atoms with van der Waals surface area (Å²) in [6, 6.07) is 0.770. The maximum Gasteiger partial charge on any atom is 0.00389 e. The molecule has 68 valence electrons. The highest BCUT2D eigenvalue weighted by atomic mass is 14.9.